The van der Waals surface area contributed by atoms with Crippen molar-refractivity contribution >= 4 is 41.3 Å². The highest BCUT2D eigenvalue weighted by Gasteiger charge is 2.12. The van der Waals surface area contributed by atoms with Crippen molar-refractivity contribution in [3.05, 3.63) is 16.1 Å². The average molecular weight is 498 g/mol. The molecular formula is C18H35IN4O2S. The molecule has 1 atom stereocenters. The zero-order valence-electron chi connectivity index (χ0n) is 16.8. The van der Waals surface area contributed by atoms with Gasteiger partial charge in [0.15, 0.2) is 5.96 Å². The molecule has 1 aromatic heterocycles. The predicted octanol–water partition coefficient (Wildman–Crippen LogP) is 4.07. The fraction of sp³-hybridized carbons (Fsp3) is 0.778. The topological polar surface area (TPSA) is 59.0 Å². The Kier molecular flexibility index (Phi) is 15.3. The van der Waals surface area contributed by atoms with E-state index in [2.05, 4.69) is 39.4 Å². The molecule has 0 bridgehead atoms. The average Bonchev–Trinajstić information content (AvgIpc) is 3.07. The molecule has 0 saturated carbocycles. The Hall–Kier alpha value is -0.450. The number of unbranched alkanes of at least 4 members (excludes halogenated alkanes) is 1. The number of rotatable bonds is 12. The quantitative estimate of drug-likeness (QED) is 0.204. The molecule has 6 nitrogen and oxygen atoms in total. The van der Waals surface area contributed by atoms with Crippen molar-refractivity contribution in [2.45, 2.75) is 52.7 Å². The van der Waals surface area contributed by atoms with Gasteiger partial charge in [-0.25, -0.2) is 4.98 Å². The van der Waals surface area contributed by atoms with Crippen LogP contribution in [0.15, 0.2) is 10.4 Å². The molecule has 0 saturated heterocycles. The Balaban J connectivity index is 0.00000625. The van der Waals surface area contributed by atoms with Crippen molar-refractivity contribution in [1.82, 2.24) is 15.2 Å². The number of ether oxygens (including phenoxy) is 2. The highest BCUT2D eigenvalue weighted by atomic mass is 127. The summed E-state index contributed by atoms with van der Waals surface area (Å²) < 4.78 is 10.9. The number of halogens is 1. The molecule has 0 aliphatic rings. The van der Waals surface area contributed by atoms with E-state index in [0.29, 0.717) is 0 Å². The van der Waals surface area contributed by atoms with E-state index in [1.807, 2.05) is 14.0 Å². The monoisotopic (exact) mass is 498 g/mol. The van der Waals surface area contributed by atoms with Crippen LogP contribution >= 0.6 is 35.3 Å². The van der Waals surface area contributed by atoms with E-state index in [4.69, 9.17) is 9.47 Å². The Morgan fingerprint density at radius 1 is 1.35 bits per heavy atom. The maximum atomic E-state index is 5.58. The summed E-state index contributed by atoms with van der Waals surface area (Å²) in [6.45, 7) is 10.2. The van der Waals surface area contributed by atoms with Gasteiger partial charge < -0.3 is 19.7 Å². The van der Waals surface area contributed by atoms with E-state index >= 15 is 0 Å². The molecule has 0 radical (unpaired) electrons. The van der Waals surface area contributed by atoms with Crippen LogP contribution in [-0.2, 0) is 16.0 Å². The van der Waals surface area contributed by atoms with Crippen molar-refractivity contribution in [2.24, 2.45) is 4.99 Å². The molecule has 0 amide bonds. The molecule has 1 unspecified atom stereocenters. The second kappa shape index (κ2) is 15.6. The first-order valence-electron chi connectivity index (χ1n) is 9.16. The third-order valence-corrected chi connectivity index (χ3v) is 4.77. The lowest BCUT2D eigenvalue weighted by Gasteiger charge is -2.21. The molecule has 1 N–H and O–H groups in total. The Morgan fingerprint density at radius 2 is 2.08 bits per heavy atom. The van der Waals surface area contributed by atoms with Gasteiger partial charge in [-0.2, -0.15) is 0 Å². The van der Waals surface area contributed by atoms with E-state index in [-0.39, 0.29) is 30.1 Å². The van der Waals surface area contributed by atoms with Gasteiger partial charge in [0.2, 0.25) is 0 Å². The summed E-state index contributed by atoms with van der Waals surface area (Å²) in [4.78, 5) is 11.4. The summed E-state index contributed by atoms with van der Waals surface area (Å²) in [5.41, 5.74) is 1.04. The van der Waals surface area contributed by atoms with Gasteiger partial charge in [-0.3, -0.25) is 4.99 Å². The van der Waals surface area contributed by atoms with Crippen LogP contribution in [0.5, 0.6) is 0 Å². The lowest BCUT2D eigenvalue weighted by molar-refractivity contribution is 0.119. The highest BCUT2D eigenvalue weighted by Crippen LogP contribution is 2.20. The molecule has 1 heterocycles. The van der Waals surface area contributed by atoms with Gasteiger partial charge in [-0.05, 0) is 26.7 Å². The molecule has 0 fully saturated rings. The van der Waals surface area contributed by atoms with Crippen LogP contribution in [0.25, 0.3) is 0 Å². The van der Waals surface area contributed by atoms with Crippen molar-refractivity contribution in [1.29, 1.82) is 0 Å². The largest absolute Gasteiger partial charge is 0.381 e. The Morgan fingerprint density at radius 3 is 2.73 bits per heavy atom. The number of aromatic nitrogens is 1. The van der Waals surface area contributed by atoms with Crippen molar-refractivity contribution < 1.29 is 9.47 Å². The molecule has 0 aliphatic carbocycles. The summed E-state index contributed by atoms with van der Waals surface area (Å²) >= 11 is 1.64. The maximum Gasteiger partial charge on any atom is 0.194 e. The van der Waals surface area contributed by atoms with Crippen molar-refractivity contribution in [3.8, 4) is 0 Å². The first kappa shape index (κ1) is 25.6. The van der Waals surface area contributed by atoms with Gasteiger partial charge in [-0.1, -0.05) is 13.3 Å². The van der Waals surface area contributed by atoms with Crippen LogP contribution in [0.1, 0.15) is 56.8 Å². The molecule has 8 heteroatoms. The summed E-state index contributed by atoms with van der Waals surface area (Å²) in [5, 5.41) is 6.44. The predicted molar refractivity (Wildman–Crippen MR) is 121 cm³/mol. The lowest BCUT2D eigenvalue weighted by Crippen LogP contribution is -2.38. The summed E-state index contributed by atoms with van der Waals surface area (Å²) in [6, 6.07) is 0. The highest BCUT2D eigenvalue weighted by molar-refractivity contribution is 14.0. The van der Waals surface area contributed by atoms with Crippen molar-refractivity contribution in [2.75, 3.05) is 40.5 Å². The minimum absolute atomic E-state index is 0. The normalized spacial score (nSPS) is 12.6. The number of aliphatic imine (C=N–C) groups is 1. The van der Waals surface area contributed by atoms with Gasteiger partial charge >= 0.3 is 0 Å². The van der Waals surface area contributed by atoms with Crippen LogP contribution in [-0.4, -0.2) is 56.3 Å². The van der Waals surface area contributed by atoms with Crippen LogP contribution in [0.4, 0.5) is 0 Å². The number of thiazole rings is 1. The van der Waals surface area contributed by atoms with E-state index < -0.39 is 0 Å². The SMILES string of the molecule is CCCCOCCCN=C(NCC)N(C)Cc1csc(C(C)OC)n1.I. The zero-order valence-corrected chi connectivity index (χ0v) is 19.9. The molecule has 26 heavy (non-hydrogen) atoms. The molecular weight excluding hydrogens is 463 g/mol. The molecule has 1 rings (SSSR count). The number of nitrogens with zero attached hydrogens (tertiary/aromatic N) is 3. The smallest absolute Gasteiger partial charge is 0.194 e. The van der Waals surface area contributed by atoms with Crippen LogP contribution in [0, 0.1) is 0 Å². The van der Waals surface area contributed by atoms with Crippen LogP contribution in [0.3, 0.4) is 0 Å². The summed E-state index contributed by atoms with van der Waals surface area (Å²) in [6.07, 6.45) is 3.29. The first-order valence-corrected chi connectivity index (χ1v) is 10.0. The van der Waals surface area contributed by atoms with Gasteiger partial charge in [0.05, 0.1) is 12.2 Å². The maximum absolute atomic E-state index is 5.58. The standard InChI is InChI=1S/C18H34N4O2S.HI/c1-6-8-11-24-12-9-10-20-18(19-7-2)22(4)13-16-14-25-17(21-16)15(3)23-5;/h14-15H,6-13H2,1-5H3,(H,19,20);1H. The minimum atomic E-state index is 0. The second-order valence-corrected chi connectivity index (χ2v) is 6.86. The number of hydrogen-bond acceptors (Lipinski definition) is 5. The molecule has 0 aliphatic heterocycles. The lowest BCUT2D eigenvalue weighted by atomic mass is 10.4. The minimum Gasteiger partial charge on any atom is -0.381 e. The summed E-state index contributed by atoms with van der Waals surface area (Å²) in [7, 11) is 3.75. The van der Waals surface area contributed by atoms with Gasteiger partial charge in [0.25, 0.3) is 0 Å². The van der Waals surface area contributed by atoms with Gasteiger partial charge in [0.1, 0.15) is 11.1 Å². The summed E-state index contributed by atoms with van der Waals surface area (Å²) in [5.74, 6) is 0.908. The third kappa shape index (κ3) is 10.0. The van der Waals surface area contributed by atoms with Crippen LogP contribution < -0.4 is 5.32 Å². The molecule has 0 aromatic carbocycles. The van der Waals surface area contributed by atoms with E-state index in [1.54, 1.807) is 18.4 Å². The number of nitrogens with one attached hydrogen (secondary N) is 1. The fourth-order valence-corrected chi connectivity index (χ4v) is 3.01. The number of guanidine groups is 1. The van der Waals surface area contributed by atoms with Gasteiger partial charge in [0, 0.05) is 45.8 Å². The second-order valence-electron chi connectivity index (χ2n) is 5.97. The third-order valence-electron chi connectivity index (χ3n) is 3.72. The van der Waals surface area contributed by atoms with Crippen molar-refractivity contribution in [3.63, 3.8) is 0 Å². The van der Waals surface area contributed by atoms with Crippen LogP contribution in [0.2, 0.25) is 0 Å². The van der Waals surface area contributed by atoms with E-state index in [9.17, 15) is 0 Å². The zero-order chi connectivity index (χ0) is 18.5. The molecule has 1 aromatic rings. The number of methoxy groups -OCH3 is 1. The van der Waals surface area contributed by atoms with E-state index in [0.717, 1.165) is 62.4 Å². The Bertz CT molecular complexity index is 499. The Labute approximate surface area is 179 Å². The first-order chi connectivity index (χ1) is 12.1. The molecule has 152 valence electrons. The van der Waals surface area contributed by atoms with Gasteiger partial charge in [-0.15, -0.1) is 35.3 Å². The van der Waals surface area contributed by atoms with E-state index in [1.165, 1.54) is 6.42 Å². The fourth-order valence-electron chi connectivity index (χ4n) is 2.17. The number of hydrogen-bond donors (Lipinski definition) is 1. The molecule has 0 spiro atoms.